The summed E-state index contributed by atoms with van der Waals surface area (Å²) >= 11 is 0. The lowest BCUT2D eigenvalue weighted by Gasteiger charge is -2.24. The molecular weight excluding hydrogens is 202 g/mol. The van der Waals surface area contributed by atoms with E-state index in [0.29, 0.717) is 12.3 Å². The fourth-order valence-electron chi connectivity index (χ4n) is 1.54. The Morgan fingerprint density at radius 2 is 1.88 bits per heavy atom. The summed E-state index contributed by atoms with van der Waals surface area (Å²) in [4.78, 5) is 13.8. The molecule has 0 amide bonds. The van der Waals surface area contributed by atoms with Gasteiger partial charge >= 0.3 is 5.97 Å². The Kier molecular flexibility index (Phi) is 6.65. The summed E-state index contributed by atoms with van der Waals surface area (Å²) in [5.41, 5.74) is -0.369. The molecule has 0 saturated carbocycles. The number of hydrogen-bond donors (Lipinski definition) is 0. The third kappa shape index (κ3) is 8.72. The highest BCUT2D eigenvalue weighted by Crippen LogP contribution is 2.09. The van der Waals surface area contributed by atoms with Gasteiger partial charge in [-0.05, 0) is 33.2 Å². The van der Waals surface area contributed by atoms with Gasteiger partial charge in [0.05, 0.1) is 6.42 Å². The van der Waals surface area contributed by atoms with E-state index in [1.165, 1.54) is 0 Å². The minimum Gasteiger partial charge on any atom is -0.460 e. The first-order chi connectivity index (χ1) is 7.24. The fraction of sp³-hybridized carbons (Fsp3) is 0.923. The SMILES string of the molecule is CCN(CCC(=O)OC(C)(C)C)CC(C)C. The summed E-state index contributed by atoms with van der Waals surface area (Å²) in [6, 6.07) is 0. The van der Waals surface area contributed by atoms with Gasteiger partial charge in [0, 0.05) is 13.1 Å². The maximum atomic E-state index is 11.5. The molecule has 0 atom stereocenters. The van der Waals surface area contributed by atoms with Crippen LogP contribution in [0.1, 0.15) is 48.0 Å². The van der Waals surface area contributed by atoms with Gasteiger partial charge in [0.25, 0.3) is 0 Å². The zero-order valence-electron chi connectivity index (χ0n) is 11.7. The molecule has 0 aromatic heterocycles. The Morgan fingerprint density at radius 3 is 2.25 bits per heavy atom. The maximum absolute atomic E-state index is 11.5. The molecule has 0 fully saturated rings. The van der Waals surface area contributed by atoms with Crippen molar-refractivity contribution in [1.82, 2.24) is 4.90 Å². The number of hydrogen-bond acceptors (Lipinski definition) is 3. The molecule has 0 rings (SSSR count). The number of carbonyl (C=O) groups is 1. The molecule has 0 bridgehead atoms. The Morgan fingerprint density at radius 1 is 1.31 bits per heavy atom. The second-order valence-corrected chi connectivity index (χ2v) is 5.62. The van der Waals surface area contributed by atoms with Gasteiger partial charge in [-0.15, -0.1) is 0 Å². The predicted octanol–water partition coefficient (Wildman–Crippen LogP) is 2.70. The van der Waals surface area contributed by atoms with Gasteiger partial charge in [0.1, 0.15) is 5.60 Å². The largest absolute Gasteiger partial charge is 0.460 e. The van der Waals surface area contributed by atoms with E-state index in [-0.39, 0.29) is 11.6 Å². The van der Waals surface area contributed by atoms with Gasteiger partial charge in [-0.25, -0.2) is 0 Å². The summed E-state index contributed by atoms with van der Waals surface area (Å²) in [5, 5.41) is 0. The van der Waals surface area contributed by atoms with Crippen molar-refractivity contribution >= 4 is 5.97 Å². The number of nitrogens with zero attached hydrogens (tertiary/aromatic N) is 1. The Bertz CT molecular complexity index is 206. The van der Waals surface area contributed by atoms with E-state index in [1.807, 2.05) is 20.8 Å². The van der Waals surface area contributed by atoms with Crippen LogP contribution in [-0.4, -0.2) is 36.1 Å². The van der Waals surface area contributed by atoms with Crippen molar-refractivity contribution in [2.45, 2.75) is 53.6 Å². The Hall–Kier alpha value is -0.570. The molecule has 3 heteroatoms. The third-order valence-electron chi connectivity index (χ3n) is 2.12. The lowest BCUT2D eigenvalue weighted by atomic mass is 10.2. The minimum atomic E-state index is -0.369. The second kappa shape index (κ2) is 6.89. The van der Waals surface area contributed by atoms with Crippen LogP contribution in [0.25, 0.3) is 0 Å². The van der Waals surface area contributed by atoms with Gasteiger partial charge in [-0.2, -0.15) is 0 Å². The van der Waals surface area contributed by atoms with Crippen molar-refractivity contribution in [2.75, 3.05) is 19.6 Å². The van der Waals surface area contributed by atoms with Crippen molar-refractivity contribution < 1.29 is 9.53 Å². The van der Waals surface area contributed by atoms with Crippen LogP contribution in [-0.2, 0) is 9.53 Å². The van der Waals surface area contributed by atoms with Gasteiger partial charge in [0.2, 0.25) is 0 Å². The Labute approximate surface area is 100 Å². The standard InChI is InChI=1S/C13H27NO2/c1-7-14(10-11(2)3)9-8-12(15)16-13(4,5)6/h11H,7-10H2,1-6H3. The van der Waals surface area contributed by atoms with Gasteiger partial charge in [-0.1, -0.05) is 20.8 Å². The average Bonchev–Trinajstić information content (AvgIpc) is 2.08. The van der Waals surface area contributed by atoms with E-state index < -0.39 is 0 Å². The molecule has 0 aliphatic rings. The van der Waals surface area contributed by atoms with Gasteiger partial charge in [0.15, 0.2) is 0 Å². The van der Waals surface area contributed by atoms with E-state index in [1.54, 1.807) is 0 Å². The summed E-state index contributed by atoms with van der Waals surface area (Å²) in [5.74, 6) is 0.535. The molecule has 0 saturated heterocycles. The molecule has 0 aliphatic heterocycles. The number of rotatable bonds is 6. The minimum absolute atomic E-state index is 0.102. The topological polar surface area (TPSA) is 29.5 Å². The van der Waals surface area contributed by atoms with Gasteiger partial charge < -0.3 is 9.64 Å². The Balaban J connectivity index is 3.88. The second-order valence-electron chi connectivity index (χ2n) is 5.62. The lowest BCUT2D eigenvalue weighted by Crippen LogP contribution is -2.32. The van der Waals surface area contributed by atoms with Crippen LogP contribution >= 0.6 is 0 Å². The number of esters is 1. The molecule has 0 aromatic carbocycles. The van der Waals surface area contributed by atoms with E-state index in [2.05, 4.69) is 25.7 Å². The van der Waals surface area contributed by atoms with Crippen LogP contribution in [0.15, 0.2) is 0 Å². The molecule has 0 heterocycles. The predicted molar refractivity (Wildman–Crippen MR) is 67.4 cm³/mol. The van der Waals surface area contributed by atoms with Crippen LogP contribution in [0, 0.1) is 5.92 Å². The van der Waals surface area contributed by atoms with E-state index in [0.717, 1.165) is 19.6 Å². The van der Waals surface area contributed by atoms with Crippen molar-refractivity contribution in [3.63, 3.8) is 0 Å². The van der Waals surface area contributed by atoms with E-state index in [4.69, 9.17) is 4.74 Å². The first kappa shape index (κ1) is 15.4. The quantitative estimate of drug-likeness (QED) is 0.656. The molecule has 0 aliphatic carbocycles. The highest BCUT2D eigenvalue weighted by Gasteiger charge is 2.16. The van der Waals surface area contributed by atoms with Crippen molar-refractivity contribution in [1.29, 1.82) is 0 Å². The molecule has 0 N–H and O–H groups in total. The first-order valence-electron chi connectivity index (χ1n) is 6.18. The molecule has 0 spiro atoms. The molecule has 96 valence electrons. The molecule has 0 unspecified atom stereocenters. The first-order valence-corrected chi connectivity index (χ1v) is 6.18. The zero-order valence-corrected chi connectivity index (χ0v) is 11.7. The van der Waals surface area contributed by atoms with Crippen molar-refractivity contribution in [3.8, 4) is 0 Å². The maximum Gasteiger partial charge on any atom is 0.307 e. The molecule has 16 heavy (non-hydrogen) atoms. The number of ether oxygens (including phenoxy) is 1. The normalized spacial score (nSPS) is 12.2. The zero-order chi connectivity index (χ0) is 12.8. The summed E-state index contributed by atoms with van der Waals surface area (Å²) in [6.07, 6.45) is 0.484. The lowest BCUT2D eigenvalue weighted by molar-refractivity contribution is -0.155. The van der Waals surface area contributed by atoms with Crippen LogP contribution in [0.5, 0.6) is 0 Å². The van der Waals surface area contributed by atoms with Crippen molar-refractivity contribution in [2.24, 2.45) is 5.92 Å². The van der Waals surface area contributed by atoms with Gasteiger partial charge in [-0.3, -0.25) is 4.79 Å². The monoisotopic (exact) mass is 229 g/mol. The van der Waals surface area contributed by atoms with Crippen molar-refractivity contribution in [3.05, 3.63) is 0 Å². The number of carbonyl (C=O) groups excluding carboxylic acids is 1. The van der Waals surface area contributed by atoms with E-state index >= 15 is 0 Å². The molecule has 3 nitrogen and oxygen atoms in total. The smallest absolute Gasteiger partial charge is 0.307 e. The van der Waals surface area contributed by atoms with Crippen LogP contribution in [0.2, 0.25) is 0 Å². The van der Waals surface area contributed by atoms with Crippen LogP contribution in [0.3, 0.4) is 0 Å². The summed E-state index contributed by atoms with van der Waals surface area (Å²) in [7, 11) is 0. The highest BCUT2D eigenvalue weighted by atomic mass is 16.6. The summed E-state index contributed by atoms with van der Waals surface area (Å²) in [6.45, 7) is 15.0. The van der Waals surface area contributed by atoms with Crippen LogP contribution in [0.4, 0.5) is 0 Å². The average molecular weight is 229 g/mol. The molecule has 0 radical (unpaired) electrons. The van der Waals surface area contributed by atoms with E-state index in [9.17, 15) is 4.79 Å². The molecule has 0 aromatic rings. The highest BCUT2D eigenvalue weighted by molar-refractivity contribution is 5.70. The van der Waals surface area contributed by atoms with Crippen LogP contribution < -0.4 is 0 Å². The third-order valence-corrected chi connectivity index (χ3v) is 2.12. The molecular formula is C13H27NO2. The fourth-order valence-corrected chi connectivity index (χ4v) is 1.54. The summed E-state index contributed by atoms with van der Waals surface area (Å²) < 4.78 is 5.27.